The number of hydrogen-bond donors (Lipinski definition) is 1. The fourth-order valence-electron chi connectivity index (χ4n) is 1.81. The van der Waals surface area contributed by atoms with Crippen LogP contribution in [0.2, 0.25) is 0 Å². The van der Waals surface area contributed by atoms with Gasteiger partial charge >= 0.3 is 0 Å². The van der Waals surface area contributed by atoms with Gasteiger partial charge in [0, 0.05) is 14.6 Å². The van der Waals surface area contributed by atoms with Gasteiger partial charge in [-0.25, -0.2) is 0 Å². The van der Waals surface area contributed by atoms with Gasteiger partial charge in [-0.05, 0) is 31.2 Å². The molecule has 0 aliphatic heterocycles. The summed E-state index contributed by atoms with van der Waals surface area (Å²) >= 11 is 0. The van der Waals surface area contributed by atoms with Gasteiger partial charge in [0.25, 0.3) is 0 Å². The van der Waals surface area contributed by atoms with Gasteiger partial charge in [-0.1, -0.05) is 34.1 Å². The van der Waals surface area contributed by atoms with E-state index in [4.69, 9.17) is 14.2 Å². The van der Waals surface area contributed by atoms with E-state index in [0.717, 1.165) is 38.6 Å². The smallest absolute Gasteiger partial charge is 0.0701 e. The van der Waals surface area contributed by atoms with Crippen molar-refractivity contribution in [1.82, 2.24) is 5.32 Å². The molecule has 0 aliphatic rings. The summed E-state index contributed by atoms with van der Waals surface area (Å²) in [6.45, 7) is 15.2. The molecule has 130 valence electrons. The van der Waals surface area contributed by atoms with Gasteiger partial charge in [-0.3, -0.25) is 0 Å². The lowest BCUT2D eigenvalue weighted by Gasteiger charge is -2.09. The average Bonchev–Trinajstić information content (AvgIpc) is 2.46. The van der Waals surface area contributed by atoms with Crippen LogP contribution in [0.25, 0.3) is 0 Å². The second kappa shape index (κ2) is 16.2. The lowest BCUT2D eigenvalue weighted by atomic mass is 10.0. The molecular formula is C17H39NO3. The Morgan fingerprint density at radius 3 is 2.00 bits per heavy atom. The van der Waals surface area contributed by atoms with Crippen molar-refractivity contribution in [2.24, 2.45) is 11.8 Å². The summed E-state index contributed by atoms with van der Waals surface area (Å²) in [6.07, 6.45) is 3.67. The Balaban J connectivity index is 0. The standard InChI is InChI=1S/C17H37NO3.H2/c1-5-17(4)7-6-9-19-11-13-21-14-12-20-10-8-18-15-16(2)3;/h16-18H,5-15H2,1-4H3;1H. The molecule has 0 heterocycles. The Bertz CT molecular complexity index is 206. The lowest BCUT2D eigenvalue weighted by Crippen LogP contribution is -2.24. The van der Waals surface area contributed by atoms with Crippen molar-refractivity contribution < 1.29 is 15.6 Å². The zero-order valence-corrected chi connectivity index (χ0v) is 14.7. The molecule has 0 aromatic carbocycles. The Morgan fingerprint density at radius 1 is 0.857 bits per heavy atom. The molecule has 0 saturated heterocycles. The summed E-state index contributed by atoms with van der Waals surface area (Å²) in [5.74, 6) is 1.51. The van der Waals surface area contributed by atoms with E-state index >= 15 is 0 Å². The zero-order chi connectivity index (χ0) is 15.8. The highest BCUT2D eigenvalue weighted by Gasteiger charge is 1.98. The Hall–Kier alpha value is -0.160. The molecule has 0 amide bonds. The lowest BCUT2D eigenvalue weighted by molar-refractivity contribution is 0.0140. The topological polar surface area (TPSA) is 39.7 Å². The predicted octanol–water partition coefficient (Wildman–Crippen LogP) is 3.35. The first kappa shape index (κ1) is 20.8. The van der Waals surface area contributed by atoms with Crippen LogP contribution in [-0.4, -0.2) is 52.7 Å². The van der Waals surface area contributed by atoms with Crippen LogP contribution in [-0.2, 0) is 14.2 Å². The molecule has 0 aromatic heterocycles. The van der Waals surface area contributed by atoms with E-state index in [0.29, 0.717) is 32.3 Å². The van der Waals surface area contributed by atoms with Gasteiger partial charge in [-0.15, -0.1) is 0 Å². The van der Waals surface area contributed by atoms with E-state index in [1.807, 2.05) is 0 Å². The highest BCUT2D eigenvalue weighted by Crippen LogP contribution is 2.08. The van der Waals surface area contributed by atoms with Crippen LogP contribution in [0, 0.1) is 11.8 Å². The molecule has 0 rings (SSSR count). The molecule has 21 heavy (non-hydrogen) atoms. The fraction of sp³-hybridized carbons (Fsp3) is 1.00. The Labute approximate surface area is 133 Å². The number of hydrogen-bond acceptors (Lipinski definition) is 4. The van der Waals surface area contributed by atoms with Crippen molar-refractivity contribution >= 4 is 0 Å². The van der Waals surface area contributed by atoms with E-state index in [1.54, 1.807) is 0 Å². The van der Waals surface area contributed by atoms with Crippen molar-refractivity contribution in [2.45, 2.75) is 47.0 Å². The summed E-state index contributed by atoms with van der Waals surface area (Å²) in [6, 6.07) is 0. The SMILES string of the molecule is CCC(C)CCCOCCOCCOCCNCC(C)C.[HH]. The molecule has 1 atom stereocenters. The summed E-state index contributed by atoms with van der Waals surface area (Å²) in [7, 11) is 0. The molecule has 4 nitrogen and oxygen atoms in total. The highest BCUT2D eigenvalue weighted by atomic mass is 16.5. The molecule has 0 bridgehead atoms. The third kappa shape index (κ3) is 17.8. The van der Waals surface area contributed by atoms with Crippen LogP contribution in [0.5, 0.6) is 0 Å². The minimum Gasteiger partial charge on any atom is -0.379 e. The quantitative estimate of drug-likeness (QED) is 0.444. The summed E-state index contributed by atoms with van der Waals surface area (Å²) < 4.78 is 16.5. The first-order valence-electron chi connectivity index (χ1n) is 8.60. The summed E-state index contributed by atoms with van der Waals surface area (Å²) in [5, 5.41) is 3.34. The maximum Gasteiger partial charge on any atom is 0.0701 e. The van der Waals surface area contributed by atoms with E-state index in [9.17, 15) is 0 Å². The van der Waals surface area contributed by atoms with Crippen molar-refractivity contribution in [3.05, 3.63) is 0 Å². The monoisotopic (exact) mass is 305 g/mol. The minimum atomic E-state index is 0. The van der Waals surface area contributed by atoms with Crippen molar-refractivity contribution in [1.29, 1.82) is 0 Å². The average molecular weight is 306 g/mol. The third-order valence-electron chi connectivity index (χ3n) is 3.40. The molecule has 0 radical (unpaired) electrons. The molecule has 0 aliphatic carbocycles. The minimum absolute atomic E-state index is 0. The van der Waals surface area contributed by atoms with Crippen LogP contribution in [0.4, 0.5) is 0 Å². The number of ether oxygens (including phenoxy) is 3. The molecule has 0 saturated carbocycles. The third-order valence-corrected chi connectivity index (χ3v) is 3.40. The summed E-state index contributed by atoms with van der Waals surface area (Å²) in [5.41, 5.74) is 0. The van der Waals surface area contributed by atoms with E-state index in [1.165, 1.54) is 12.8 Å². The number of rotatable bonds is 16. The van der Waals surface area contributed by atoms with Gasteiger partial charge in [0.05, 0.1) is 33.0 Å². The van der Waals surface area contributed by atoms with E-state index in [-0.39, 0.29) is 1.43 Å². The Morgan fingerprint density at radius 2 is 1.43 bits per heavy atom. The maximum absolute atomic E-state index is 5.53. The van der Waals surface area contributed by atoms with Crippen molar-refractivity contribution in [3.8, 4) is 0 Å². The second-order valence-corrected chi connectivity index (χ2v) is 6.09. The first-order chi connectivity index (χ1) is 10.2. The fourth-order valence-corrected chi connectivity index (χ4v) is 1.81. The van der Waals surface area contributed by atoms with E-state index in [2.05, 4.69) is 33.0 Å². The van der Waals surface area contributed by atoms with Crippen molar-refractivity contribution in [3.63, 3.8) is 0 Å². The van der Waals surface area contributed by atoms with Crippen molar-refractivity contribution in [2.75, 3.05) is 52.7 Å². The van der Waals surface area contributed by atoms with Crippen LogP contribution >= 0.6 is 0 Å². The Kier molecular flexibility index (Phi) is 16.1. The van der Waals surface area contributed by atoms with Gasteiger partial charge < -0.3 is 19.5 Å². The molecule has 1 unspecified atom stereocenters. The molecule has 0 fully saturated rings. The molecule has 0 aromatic rings. The van der Waals surface area contributed by atoms with E-state index < -0.39 is 0 Å². The van der Waals surface area contributed by atoms with Gasteiger partial charge in [0.2, 0.25) is 0 Å². The second-order valence-electron chi connectivity index (χ2n) is 6.09. The van der Waals surface area contributed by atoms with Crippen LogP contribution in [0.15, 0.2) is 0 Å². The number of nitrogens with one attached hydrogen (secondary N) is 1. The van der Waals surface area contributed by atoms with Gasteiger partial charge in [0.15, 0.2) is 0 Å². The highest BCUT2D eigenvalue weighted by molar-refractivity contribution is 4.50. The molecule has 1 N–H and O–H groups in total. The maximum atomic E-state index is 5.53. The van der Waals surface area contributed by atoms with Crippen LogP contribution in [0.1, 0.15) is 48.4 Å². The first-order valence-corrected chi connectivity index (χ1v) is 8.60. The zero-order valence-electron chi connectivity index (χ0n) is 14.7. The predicted molar refractivity (Wildman–Crippen MR) is 91.0 cm³/mol. The normalized spacial score (nSPS) is 13.0. The molecule has 0 spiro atoms. The van der Waals surface area contributed by atoms with Crippen LogP contribution in [0.3, 0.4) is 0 Å². The molecule has 4 heteroatoms. The van der Waals surface area contributed by atoms with Crippen LogP contribution < -0.4 is 5.32 Å². The molecular weight excluding hydrogens is 266 g/mol. The van der Waals surface area contributed by atoms with Gasteiger partial charge in [0.1, 0.15) is 0 Å². The largest absolute Gasteiger partial charge is 0.379 e. The van der Waals surface area contributed by atoms with Gasteiger partial charge in [-0.2, -0.15) is 0 Å². The summed E-state index contributed by atoms with van der Waals surface area (Å²) in [4.78, 5) is 0.